The molecule has 2 rings (SSSR count). The molecule has 138 valence electrons. The van der Waals surface area contributed by atoms with E-state index in [1.807, 2.05) is 32.8 Å². The average molecular weight is 357 g/mol. The van der Waals surface area contributed by atoms with Crippen molar-refractivity contribution in [3.63, 3.8) is 0 Å². The lowest BCUT2D eigenvalue weighted by atomic mass is 10.1. The fraction of sp³-hybridized carbons (Fsp3) is 0.300. The van der Waals surface area contributed by atoms with Crippen molar-refractivity contribution < 1.29 is 14.0 Å². The number of rotatable bonds is 6. The Morgan fingerprint density at radius 1 is 1.08 bits per heavy atom. The molecule has 2 amide bonds. The SMILES string of the molecule is CC(C)CNC(=O)c1cc(NC(=O)c2cccc(F)c2)ccc1N(C)C. The first-order valence-electron chi connectivity index (χ1n) is 8.44. The monoisotopic (exact) mass is 357 g/mol. The first-order valence-corrected chi connectivity index (χ1v) is 8.44. The topological polar surface area (TPSA) is 61.4 Å². The van der Waals surface area contributed by atoms with E-state index in [0.717, 1.165) is 5.69 Å². The molecule has 0 saturated carbocycles. The zero-order chi connectivity index (χ0) is 19.3. The lowest BCUT2D eigenvalue weighted by molar-refractivity contribution is 0.0948. The highest BCUT2D eigenvalue weighted by Gasteiger charge is 2.15. The molecule has 5 nitrogen and oxygen atoms in total. The summed E-state index contributed by atoms with van der Waals surface area (Å²) in [5, 5.41) is 5.59. The highest BCUT2D eigenvalue weighted by atomic mass is 19.1. The van der Waals surface area contributed by atoms with E-state index in [4.69, 9.17) is 0 Å². The summed E-state index contributed by atoms with van der Waals surface area (Å²) in [6.45, 7) is 4.59. The van der Waals surface area contributed by atoms with E-state index in [1.165, 1.54) is 24.3 Å². The van der Waals surface area contributed by atoms with E-state index in [1.54, 1.807) is 18.2 Å². The molecule has 2 aromatic carbocycles. The maximum Gasteiger partial charge on any atom is 0.255 e. The molecule has 0 bridgehead atoms. The molecule has 26 heavy (non-hydrogen) atoms. The molecule has 0 aliphatic heterocycles. The zero-order valence-corrected chi connectivity index (χ0v) is 15.5. The molecule has 0 aliphatic rings. The zero-order valence-electron chi connectivity index (χ0n) is 15.5. The van der Waals surface area contributed by atoms with Gasteiger partial charge in [0.15, 0.2) is 0 Å². The minimum atomic E-state index is -0.477. The Labute approximate surface area is 153 Å². The summed E-state index contributed by atoms with van der Waals surface area (Å²) in [7, 11) is 3.69. The number of carbonyl (C=O) groups excluding carboxylic acids is 2. The van der Waals surface area contributed by atoms with Crippen molar-refractivity contribution in [2.45, 2.75) is 13.8 Å². The third kappa shape index (κ3) is 5.05. The van der Waals surface area contributed by atoms with Gasteiger partial charge in [-0.1, -0.05) is 19.9 Å². The summed E-state index contributed by atoms with van der Waals surface area (Å²) in [5.74, 6) is -0.785. The molecule has 0 aliphatic carbocycles. The van der Waals surface area contributed by atoms with Crippen LogP contribution in [-0.2, 0) is 0 Å². The lowest BCUT2D eigenvalue weighted by Crippen LogP contribution is -2.29. The van der Waals surface area contributed by atoms with Crippen LogP contribution in [0.5, 0.6) is 0 Å². The molecule has 0 saturated heterocycles. The van der Waals surface area contributed by atoms with Gasteiger partial charge in [-0.15, -0.1) is 0 Å². The standard InChI is InChI=1S/C20H24FN3O2/c1-13(2)12-22-20(26)17-11-16(8-9-18(17)24(3)4)23-19(25)14-6-5-7-15(21)10-14/h5-11,13H,12H2,1-4H3,(H,22,26)(H,23,25). The Balaban J connectivity index is 2.25. The summed E-state index contributed by atoms with van der Waals surface area (Å²) in [5.41, 5.74) is 1.90. The number of carbonyl (C=O) groups is 2. The Morgan fingerprint density at radius 2 is 1.81 bits per heavy atom. The van der Waals surface area contributed by atoms with Crippen molar-refractivity contribution in [1.29, 1.82) is 0 Å². The molecule has 2 N–H and O–H groups in total. The maximum absolute atomic E-state index is 13.3. The quantitative estimate of drug-likeness (QED) is 0.831. The van der Waals surface area contributed by atoms with Gasteiger partial charge < -0.3 is 15.5 Å². The lowest BCUT2D eigenvalue weighted by Gasteiger charge is -2.19. The Morgan fingerprint density at radius 3 is 2.42 bits per heavy atom. The molecule has 0 aromatic heterocycles. The van der Waals surface area contributed by atoms with Crippen LogP contribution in [0.1, 0.15) is 34.6 Å². The predicted molar refractivity (Wildman–Crippen MR) is 102 cm³/mol. The number of anilines is 2. The minimum absolute atomic E-state index is 0.204. The number of benzene rings is 2. The summed E-state index contributed by atoms with van der Waals surface area (Å²) in [4.78, 5) is 26.7. The van der Waals surface area contributed by atoms with E-state index in [-0.39, 0.29) is 11.5 Å². The van der Waals surface area contributed by atoms with Gasteiger partial charge in [0, 0.05) is 37.6 Å². The Kier molecular flexibility index (Phi) is 6.33. The Hall–Kier alpha value is -2.89. The van der Waals surface area contributed by atoms with Gasteiger partial charge >= 0.3 is 0 Å². The van der Waals surface area contributed by atoms with Gasteiger partial charge in [0.05, 0.1) is 5.56 Å². The Bertz CT molecular complexity index is 803. The van der Waals surface area contributed by atoms with Gasteiger partial charge in [-0.05, 0) is 42.3 Å². The second kappa shape index (κ2) is 8.47. The summed E-state index contributed by atoms with van der Waals surface area (Å²) < 4.78 is 13.3. The van der Waals surface area contributed by atoms with Crippen LogP contribution in [0.4, 0.5) is 15.8 Å². The van der Waals surface area contributed by atoms with Crippen LogP contribution in [0.3, 0.4) is 0 Å². The molecule has 2 aromatic rings. The van der Waals surface area contributed by atoms with Crippen LogP contribution in [0, 0.1) is 11.7 Å². The molecular formula is C20H24FN3O2. The van der Waals surface area contributed by atoms with Crippen molar-refractivity contribution in [2.75, 3.05) is 30.9 Å². The number of hydrogen-bond donors (Lipinski definition) is 2. The number of hydrogen-bond acceptors (Lipinski definition) is 3. The van der Waals surface area contributed by atoms with E-state index >= 15 is 0 Å². The summed E-state index contributed by atoms with van der Waals surface area (Å²) >= 11 is 0. The van der Waals surface area contributed by atoms with Gasteiger partial charge in [0.1, 0.15) is 5.82 Å². The van der Waals surface area contributed by atoms with Crippen LogP contribution in [0.15, 0.2) is 42.5 Å². The van der Waals surface area contributed by atoms with Crippen LogP contribution in [0.25, 0.3) is 0 Å². The van der Waals surface area contributed by atoms with Crippen molar-refractivity contribution in [2.24, 2.45) is 5.92 Å². The van der Waals surface area contributed by atoms with Crippen LogP contribution < -0.4 is 15.5 Å². The summed E-state index contributed by atoms with van der Waals surface area (Å²) in [6.07, 6.45) is 0. The molecule has 0 atom stereocenters. The molecule has 0 unspecified atom stereocenters. The van der Waals surface area contributed by atoms with Crippen LogP contribution in [0.2, 0.25) is 0 Å². The minimum Gasteiger partial charge on any atom is -0.377 e. The molecule has 6 heteroatoms. The van der Waals surface area contributed by atoms with Crippen molar-refractivity contribution in [1.82, 2.24) is 5.32 Å². The number of halogens is 1. The summed E-state index contributed by atoms with van der Waals surface area (Å²) in [6, 6.07) is 10.6. The second-order valence-corrected chi connectivity index (χ2v) is 6.69. The fourth-order valence-corrected chi connectivity index (χ4v) is 2.41. The van der Waals surface area contributed by atoms with Crippen molar-refractivity contribution in [3.8, 4) is 0 Å². The highest BCUT2D eigenvalue weighted by Crippen LogP contribution is 2.23. The molecule has 0 spiro atoms. The highest BCUT2D eigenvalue weighted by molar-refractivity contribution is 6.06. The van der Waals surface area contributed by atoms with Crippen LogP contribution >= 0.6 is 0 Å². The van der Waals surface area contributed by atoms with E-state index in [2.05, 4.69) is 10.6 Å². The molecular weight excluding hydrogens is 333 g/mol. The third-order valence-electron chi connectivity index (χ3n) is 3.74. The first kappa shape index (κ1) is 19.4. The van der Waals surface area contributed by atoms with Gasteiger partial charge in [-0.2, -0.15) is 0 Å². The number of amides is 2. The van der Waals surface area contributed by atoms with Gasteiger partial charge in [-0.3, -0.25) is 9.59 Å². The first-order chi connectivity index (χ1) is 12.3. The van der Waals surface area contributed by atoms with Gasteiger partial charge in [0.25, 0.3) is 11.8 Å². The molecule has 0 radical (unpaired) electrons. The smallest absolute Gasteiger partial charge is 0.255 e. The third-order valence-corrected chi connectivity index (χ3v) is 3.74. The normalized spacial score (nSPS) is 10.5. The number of nitrogens with one attached hydrogen (secondary N) is 2. The van der Waals surface area contributed by atoms with Crippen LogP contribution in [-0.4, -0.2) is 32.5 Å². The fourth-order valence-electron chi connectivity index (χ4n) is 2.41. The predicted octanol–water partition coefficient (Wildman–Crippen LogP) is 3.53. The maximum atomic E-state index is 13.3. The largest absolute Gasteiger partial charge is 0.377 e. The van der Waals surface area contributed by atoms with E-state index in [0.29, 0.717) is 23.7 Å². The van der Waals surface area contributed by atoms with E-state index in [9.17, 15) is 14.0 Å². The number of nitrogens with zero attached hydrogens (tertiary/aromatic N) is 1. The molecule has 0 heterocycles. The van der Waals surface area contributed by atoms with Gasteiger partial charge in [0.2, 0.25) is 0 Å². The average Bonchev–Trinajstić information content (AvgIpc) is 2.59. The van der Waals surface area contributed by atoms with Crippen molar-refractivity contribution in [3.05, 3.63) is 59.4 Å². The van der Waals surface area contributed by atoms with Gasteiger partial charge in [-0.25, -0.2) is 4.39 Å². The van der Waals surface area contributed by atoms with E-state index < -0.39 is 11.7 Å². The molecule has 0 fully saturated rings. The van der Waals surface area contributed by atoms with Crippen molar-refractivity contribution >= 4 is 23.2 Å². The second-order valence-electron chi connectivity index (χ2n) is 6.69.